The van der Waals surface area contributed by atoms with E-state index in [0.29, 0.717) is 6.54 Å². The fraction of sp³-hybridized carbons (Fsp3) is 0.286. The van der Waals surface area contributed by atoms with Crippen LogP contribution in [-0.4, -0.2) is 36.0 Å². The van der Waals surface area contributed by atoms with Crippen LogP contribution in [0.3, 0.4) is 0 Å². The summed E-state index contributed by atoms with van der Waals surface area (Å²) in [5.41, 5.74) is 0.897. The van der Waals surface area contributed by atoms with E-state index in [1.807, 2.05) is 24.3 Å². The lowest BCUT2D eigenvalue weighted by Gasteiger charge is -2.17. The molecule has 2 heterocycles. The van der Waals surface area contributed by atoms with Crippen LogP contribution >= 0.6 is 10.7 Å². The zero-order valence-electron chi connectivity index (χ0n) is 11.1. The van der Waals surface area contributed by atoms with Gasteiger partial charge in [0.05, 0.1) is 0 Å². The van der Waals surface area contributed by atoms with Crippen molar-refractivity contribution in [3.63, 3.8) is 0 Å². The summed E-state index contributed by atoms with van der Waals surface area (Å²) in [6.07, 6.45) is 3.42. The van der Waals surface area contributed by atoms with E-state index in [0.717, 1.165) is 16.3 Å². The van der Waals surface area contributed by atoms with Crippen molar-refractivity contribution in [1.29, 1.82) is 0 Å². The molecule has 2 aromatic rings. The van der Waals surface area contributed by atoms with Gasteiger partial charge in [-0.15, -0.1) is 0 Å². The second kappa shape index (κ2) is 5.27. The summed E-state index contributed by atoms with van der Waals surface area (Å²) in [5, 5.41) is 1.18. The molecule has 0 aliphatic carbocycles. The van der Waals surface area contributed by atoms with Crippen molar-refractivity contribution in [2.75, 3.05) is 6.54 Å². The molecule has 1 atom stereocenters. The third-order valence-corrected chi connectivity index (χ3v) is 5.56. The monoisotopic (exact) mass is 324 g/mol. The minimum Gasteiger partial charge on any atom is -0.337 e. The average molecular weight is 325 g/mol. The summed E-state index contributed by atoms with van der Waals surface area (Å²) in [5.74, 6) is -0.197. The van der Waals surface area contributed by atoms with Crippen molar-refractivity contribution in [3.8, 4) is 0 Å². The molecule has 1 amide bonds. The van der Waals surface area contributed by atoms with Gasteiger partial charge in [-0.25, -0.2) is 8.42 Å². The predicted octanol–water partition coefficient (Wildman–Crippen LogP) is 1.90. The summed E-state index contributed by atoms with van der Waals surface area (Å²) in [4.78, 5) is 17.6. The highest BCUT2D eigenvalue weighted by atomic mass is 35.7. The lowest BCUT2D eigenvalue weighted by Crippen LogP contribution is -2.26. The first kappa shape index (κ1) is 14.3. The molecule has 1 aliphatic rings. The van der Waals surface area contributed by atoms with Gasteiger partial charge in [0.15, 0.2) is 0 Å². The molecule has 0 N–H and O–H groups in total. The van der Waals surface area contributed by atoms with Crippen LogP contribution in [0.25, 0.3) is 10.8 Å². The third kappa shape index (κ3) is 2.87. The largest absolute Gasteiger partial charge is 0.337 e. The summed E-state index contributed by atoms with van der Waals surface area (Å²) < 4.78 is 22.7. The van der Waals surface area contributed by atoms with E-state index in [1.165, 1.54) is 4.90 Å². The van der Waals surface area contributed by atoms with Crippen LogP contribution in [0.2, 0.25) is 0 Å². The fourth-order valence-electron chi connectivity index (χ4n) is 2.59. The lowest BCUT2D eigenvalue weighted by molar-refractivity contribution is -0.128. The van der Waals surface area contributed by atoms with Crippen molar-refractivity contribution in [1.82, 2.24) is 9.88 Å². The number of rotatable bonds is 3. The highest BCUT2D eigenvalue weighted by Crippen LogP contribution is 2.25. The number of hydrogen-bond acceptors (Lipinski definition) is 4. The first-order valence-corrected chi connectivity index (χ1v) is 8.85. The quantitative estimate of drug-likeness (QED) is 0.809. The molecule has 110 valence electrons. The Morgan fingerprint density at radius 3 is 2.76 bits per heavy atom. The van der Waals surface area contributed by atoms with Gasteiger partial charge in [-0.05, 0) is 10.9 Å². The molecule has 1 fully saturated rings. The molecule has 21 heavy (non-hydrogen) atoms. The Labute approximate surface area is 127 Å². The Bertz CT molecular complexity index is 801. The van der Waals surface area contributed by atoms with Crippen LogP contribution in [0.15, 0.2) is 36.7 Å². The van der Waals surface area contributed by atoms with Gasteiger partial charge in [-0.1, -0.05) is 24.3 Å². The molecule has 1 aromatic heterocycles. The number of amides is 1. The number of halogens is 1. The molecule has 1 saturated heterocycles. The third-order valence-electron chi connectivity index (χ3n) is 3.69. The summed E-state index contributed by atoms with van der Waals surface area (Å²) in [6, 6.07) is 7.75. The van der Waals surface area contributed by atoms with Gasteiger partial charge in [-0.2, -0.15) is 0 Å². The zero-order valence-corrected chi connectivity index (χ0v) is 12.6. The maximum Gasteiger partial charge on any atom is 0.237 e. The average Bonchev–Trinajstić information content (AvgIpc) is 2.81. The predicted molar refractivity (Wildman–Crippen MR) is 80.3 cm³/mol. The molecule has 1 aromatic carbocycles. The van der Waals surface area contributed by atoms with Gasteiger partial charge in [0.1, 0.15) is 5.25 Å². The van der Waals surface area contributed by atoms with E-state index < -0.39 is 14.3 Å². The summed E-state index contributed by atoms with van der Waals surface area (Å²) in [7, 11) is 1.64. The first-order valence-electron chi connectivity index (χ1n) is 6.48. The minimum absolute atomic E-state index is 0.0516. The van der Waals surface area contributed by atoms with Crippen molar-refractivity contribution in [2.45, 2.75) is 18.2 Å². The van der Waals surface area contributed by atoms with E-state index in [4.69, 9.17) is 10.7 Å². The number of hydrogen-bond donors (Lipinski definition) is 0. The molecule has 1 unspecified atom stereocenters. The Kier molecular flexibility index (Phi) is 3.59. The van der Waals surface area contributed by atoms with Crippen molar-refractivity contribution < 1.29 is 13.2 Å². The molecule has 5 nitrogen and oxygen atoms in total. The topological polar surface area (TPSA) is 67.3 Å². The van der Waals surface area contributed by atoms with Crippen LogP contribution in [0.1, 0.15) is 12.0 Å². The SMILES string of the molecule is O=C1CC(S(=O)(=O)Cl)CN1Cc1cncc2ccccc12. The van der Waals surface area contributed by atoms with Crippen LogP contribution in [0.4, 0.5) is 0 Å². The lowest BCUT2D eigenvalue weighted by atomic mass is 10.1. The number of nitrogens with zero attached hydrogens (tertiary/aromatic N) is 2. The van der Waals surface area contributed by atoms with Crippen molar-refractivity contribution in [2.24, 2.45) is 0 Å². The number of carbonyl (C=O) groups is 1. The van der Waals surface area contributed by atoms with Gasteiger partial charge in [0.25, 0.3) is 0 Å². The number of likely N-dealkylation sites (tertiary alicyclic amines) is 1. The van der Waals surface area contributed by atoms with E-state index in [2.05, 4.69) is 4.98 Å². The molecule has 0 bridgehead atoms. The highest BCUT2D eigenvalue weighted by Gasteiger charge is 2.37. The van der Waals surface area contributed by atoms with Crippen molar-refractivity contribution in [3.05, 3.63) is 42.2 Å². The van der Waals surface area contributed by atoms with E-state index in [-0.39, 0.29) is 18.9 Å². The Balaban J connectivity index is 1.88. The molecular formula is C14H13ClN2O3S. The molecule has 3 rings (SSSR count). The minimum atomic E-state index is -3.71. The van der Waals surface area contributed by atoms with E-state index in [1.54, 1.807) is 12.4 Å². The summed E-state index contributed by atoms with van der Waals surface area (Å²) in [6.45, 7) is 0.476. The van der Waals surface area contributed by atoms with Gasteiger partial charge >= 0.3 is 0 Å². The normalized spacial score (nSPS) is 19.4. The summed E-state index contributed by atoms with van der Waals surface area (Å²) >= 11 is 0. The van der Waals surface area contributed by atoms with Gasteiger partial charge < -0.3 is 4.90 Å². The first-order chi connectivity index (χ1) is 9.95. The number of benzene rings is 1. The standard InChI is InChI=1S/C14H13ClN2O3S/c15-21(19,20)12-5-14(18)17(9-12)8-11-7-16-6-10-3-1-2-4-13(10)11/h1-4,6-7,12H,5,8-9H2. The van der Waals surface area contributed by atoms with Crippen LogP contribution in [0, 0.1) is 0 Å². The fourth-order valence-corrected chi connectivity index (χ4v) is 3.65. The van der Waals surface area contributed by atoms with Crippen LogP contribution < -0.4 is 0 Å². The molecule has 0 radical (unpaired) electrons. The van der Waals surface area contributed by atoms with Crippen molar-refractivity contribution >= 4 is 36.4 Å². The van der Waals surface area contributed by atoms with Gasteiger partial charge in [-0.3, -0.25) is 9.78 Å². The molecule has 0 saturated carbocycles. The number of carbonyl (C=O) groups excluding carboxylic acids is 1. The van der Waals surface area contributed by atoms with Gasteiger partial charge in [0.2, 0.25) is 15.0 Å². The van der Waals surface area contributed by atoms with E-state index >= 15 is 0 Å². The smallest absolute Gasteiger partial charge is 0.237 e. The highest BCUT2D eigenvalue weighted by molar-refractivity contribution is 8.14. The number of aromatic nitrogens is 1. The second-order valence-corrected chi connectivity index (χ2v) is 8.00. The molecule has 0 spiro atoms. The maximum atomic E-state index is 12.0. The number of fused-ring (bicyclic) bond motifs is 1. The maximum absolute atomic E-state index is 12.0. The van der Waals surface area contributed by atoms with E-state index in [9.17, 15) is 13.2 Å². The second-order valence-electron chi connectivity index (χ2n) is 5.10. The molecule has 7 heteroatoms. The Morgan fingerprint density at radius 1 is 1.29 bits per heavy atom. The number of pyridine rings is 1. The Hall–Kier alpha value is -1.66. The molecule has 1 aliphatic heterocycles. The van der Waals surface area contributed by atoms with Gasteiger partial charge in [0, 0.05) is 48.0 Å². The van der Waals surface area contributed by atoms with Crippen LogP contribution in [-0.2, 0) is 20.4 Å². The Morgan fingerprint density at radius 2 is 2.05 bits per heavy atom. The zero-order chi connectivity index (χ0) is 15.0. The molecular weight excluding hydrogens is 312 g/mol. The van der Waals surface area contributed by atoms with Crippen LogP contribution in [0.5, 0.6) is 0 Å².